The van der Waals surface area contributed by atoms with Gasteiger partial charge in [-0.2, -0.15) is 0 Å². The van der Waals surface area contributed by atoms with Crippen molar-refractivity contribution in [1.29, 1.82) is 0 Å². The highest BCUT2D eigenvalue weighted by atomic mass is 35.7. The summed E-state index contributed by atoms with van der Waals surface area (Å²) in [5.41, 5.74) is 0. The molecule has 0 saturated heterocycles. The summed E-state index contributed by atoms with van der Waals surface area (Å²) < 4.78 is 67.9. The van der Waals surface area contributed by atoms with Crippen molar-refractivity contribution < 1.29 is 67.7 Å². The number of hydrogen-bond acceptors (Lipinski definition) is 10. The zero-order valence-electron chi connectivity index (χ0n) is 10.5. The molecule has 0 aliphatic carbocycles. The van der Waals surface area contributed by atoms with Crippen LogP contribution in [0.5, 0.6) is 0 Å². The van der Waals surface area contributed by atoms with E-state index in [4.69, 9.17) is 37.3 Å². The minimum atomic E-state index is -4.94. The van der Waals surface area contributed by atoms with Gasteiger partial charge in [-0.15, -0.1) is 20.5 Å². The Morgan fingerprint density at radius 3 is 0.909 bits per heavy atom. The maximum atomic E-state index is 8.49. The van der Waals surface area contributed by atoms with E-state index in [2.05, 4.69) is 19.9 Å². The quantitative estimate of drug-likeness (QED) is 0.429. The smallest absolute Gasteiger partial charge is 0.250 e. The van der Waals surface area contributed by atoms with Crippen molar-refractivity contribution in [2.75, 3.05) is 0 Å². The van der Waals surface area contributed by atoms with E-state index in [1.807, 2.05) is 24.5 Å². The molecule has 14 heteroatoms. The summed E-state index contributed by atoms with van der Waals surface area (Å²) >= 11 is 0. The molecule has 0 amide bonds. The molecule has 124 valence electrons. The van der Waals surface area contributed by atoms with Crippen LogP contribution in [0.25, 0.3) is 0 Å². The average molecular weight is 361 g/mol. The fraction of sp³-hybridized carbons (Fsp3) is 0. The summed E-state index contributed by atoms with van der Waals surface area (Å²) in [6.45, 7) is 0. The molecule has 0 fully saturated rings. The van der Waals surface area contributed by atoms with Gasteiger partial charge in [-0.1, -0.05) is 9.97 Å². The van der Waals surface area contributed by atoms with Gasteiger partial charge >= 0.3 is 0 Å². The van der Waals surface area contributed by atoms with Crippen LogP contribution in [0, 0.1) is 20.5 Å². The Morgan fingerprint density at radius 2 is 0.864 bits per heavy atom. The number of nitrogens with one attached hydrogen (secondary N) is 2. The average Bonchev–Trinajstić information content (AvgIpc) is 2.40. The van der Waals surface area contributed by atoms with Crippen LogP contribution < -0.4 is 47.2 Å². The van der Waals surface area contributed by atoms with Gasteiger partial charge in [0.15, 0.2) is 0 Å². The standard InChI is InChI=1S/2C4H4N2.2ClHO4/c2*1-2-5-4-6-3-1;2*2-1(3,4)5/h2*1-4H;2*(H,2,3,4,5). The van der Waals surface area contributed by atoms with E-state index in [0.29, 0.717) is 0 Å². The molecule has 0 aliphatic heterocycles. The Kier molecular flexibility index (Phi) is 13.5. The van der Waals surface area contributed by atoms with Gasteiger partial charge in [0, 0.05) is 12.1 Å². The predicted molar refractivity (Wildman–Crippen MR) is 41.6 cm³/mol. The predicted octanol–water partition coefficient (Wildman–Crippen LogP) is -9.72. The van der Waals surface area contributed by atoms with Crippen molar-refractivity contribution in [1.82, 2.24) is 9.97 Å². The third kappa shape index (κ3) is 51.5. The largest absolute Gasteiger partial charge is 0.283 e. The van der Waals surface area contributed by atoms with Crippen molar-refractivity contribution in [3.8, 4) is 0 Å². The van der Waals surface area contributed by atoms with E-state index in [9.17, 15) is 0 Å². The lowest BCUT2D eigenvalue weighted by atomic mass is 10.7. The summed E-state index contributed by atoms with van der Waals surface area (Å²) in [5.74, 6) is 0. The highest BCUT2D eigenvalue weighted by Gasteiger charge is 1.84. The molecule has 2 aromatic rings. The minimum Gasteiger partial charge on any atom is -0.250 e. The Morgan fingerprint density at radius 1 is 0.591 bits per heavy atom. The fourth-order valence-electron chi connectivity index (χ4n) is 0.555. The van der Waals surface area contributed by atoms with E-state index in [1.165, 1.54) is 0 Å². The van der Waals surface area contributed by atoms with E-state index < -0.39 is 20.5 Å². The van der Waals surface area contributed by atoms with Crippen LogP contribution in [0.2, 0.25) is 0 Å². The van der Waals surface area contributed by atoms with E-state index in [0.717, 1.165) is 0 Å². The first-order chi connectivity index (χ1) is 10.0. The molecule has 12 nitrogen and oxygen atoms in total. The molecule has 0 radical (unpaired) electrons. The van der Waals surface area contributed by atoms with Crippen molar-refractivity contribution in [3.63, 3.8) is 0 Å². The summed E-state index contributed by atoms with van der Waals surface area (Å²) in [6, 6.07) is 3.67. The molecule has 0 aliphatic rings. The summed E-state index contributed by atoms with van der Waals surface area (Å²) in [6.07, 6.45) is 10.3. The van der Waals surface area contributed by atoms with Gasteiger partial charge in [0.25, 0.3) is 12.7 Å². The van der Waals surface area contributed by atoms with Gasteiger partial charge < -0.3 is 0 Å². The van der Waals surface area contributed by atoms with Gasteiger partial charge in [-0.05, 0) is 0 Å². The Hall–Kier alpha value is -1.58. The van der Waals surface area contributed by atoms with E-state index in [-0.39, 0.29) is 0 Å². The first-order valence-corrected chi connectivity index (χ1v) is 7.22. The SMILES string of the molecule is [O-][Cl+3]([O-])([O-])[O-].[O-][Cl+3]([O-])([O-])[O-].c1cnc[nH+]c1.c1cnc[nH+]c1. The molecule has 0 atom stereocenters. The molecule has 2 aromatic heterocycles. The van der Waals surface area contributed by atoms with Crippen LogP contribution >= 0.6 is 0 Å². The lowest BCUT2D eigenvalue weighted by Gasteiger charge is -2.17. The molecular weight excluding hydrogens is 351 g/mol. The molecule has 0 bridgehead atoms. The van der Waals surface area contributed by atoms with E-state index in [1.54, 1.807) is 25.0 Å². The van der Waals surface area contributed by atoms with Crippen molar-refractivity contribution in [2.24, 2.45) is 0 Å². The molecule has 2 rings (SSSR count). The summed E-state index contributed by atoms with van der Waals surface area (Å²) in [5, 5.41) is 0. The fourth-order valence-corrected chi connectivity index (χ4v) is 0.555. The second-order valence-corrected chi connectivity index (χ2v) is 4.17. The van der Waals surface area contributed by atoms with Gasteiger partial charge in [0.1, 0.15) is 12.4 Å². The lowest BCUT2D eigenvalue weighted by molar-refractivity contribution is -2.00. The maximum Gasteiger partial charge on any atom is 0.283 e. The van der Waals surface area contributed by atoms with Crippen LogP contribution in [-0.4, -0.2) is 9.97 Å². The van der Waals surface area contributed by atoms with Crippen LogP contribution in [0.15, 0.2) is 49.6 Å². The van der Waals surface area contributed by atoms with Crippen molar-refractivity contribution in [3.05, 3.63) is 49.6 Å². The Bertz CT molecular complexity index is 332. The Balaban J connectivity index is 0. The number of halogens is 2. The zero-order valence-corrected chi connectivity index (χ0v) is 12.0. The number of nitrogens with zero attached hydrogens (tertiary/aromatic N) is 2. The first-order valence-electron chi connectivity index (χ1n) is 4.76. The minimum absolute atomic E-state index is 1.62. The van der Waals surface area contributed by atoms with Gasteiger partial charge in [0.05, 0.1) is 12.4 Å². The second-order valence-electron chi connectivity index (χ2n) is 2.66. The zero-order chi connectivity index (χ0) is 17.5. The maximum absolute atomic E-state index is 8.49. The Labute approximate surface area is 128 Å². The summed E-state index contributed by atoms with van der Waals surface area (Å²) in [7, 11) is -9.89. The number of aromatic amines is 2. The normalized spacial score (nSPS) is 9.82. The van der Waals surface area contributed by atoms with Crippen LogP contribution in [0.1, 0.15) is 0 Å². The highest BCUT2D eigenvalue weighted by Crippen LogP contribution is 1.61. The molecule has 2 heterocycles. The third-order valence-corrected chi connectivity index (χ3v) is 1.03. The lowest BCUT2D eigenvalue weighted by Crippen LogP contribution is -2.68. The van der Waals surface area contributed by atoms with Crippen molar-refractivity contribution in [2.45, 2.75) is 0 Å². The molecule has 0 spiro atoms. The van der Waals surface area contributed by atoms with Gasteiger partial charge in [0.2, 0.25) is 0 Å². The highest BCUT2D eigenvalue weighted by molar-refractivity contribution is 4.68. The van der Waals surface area contributed by atoms with Crippen LogP contribution in [0.4, 0.5) is 0 Å². The number of hydrogen-bond donors (Lipinski definition) is 0. The monoisotopic (exact) mass is 360 g/mol. The van der Waals surface area contributed by atoms with Crippen molar-refractivity contribution >= 4 is 0 Å². The van der Waals surface area contributed by atoms with Gasteiger partial charge in [-0.3, -0.25) is 9.97 Å². The molecule has 0 unspecified atom stereocenters. The van der Waals surface area contributed by atoms with Crippen LogP contribution in [0.3, 0.4) is 0 Å². The number of aromatic nitrogens is 4. The number of H-pyrrole nitrogens is 2. The second kappa shape index (κ2) is 13.1. The molecule has 2 N–H and O–H groups in total. The third-order valence-electron chi connectivity index (χ3n) is 1.03. The molecular formula is C8H10Cl2N4O8. The molecule has 22 heavy (non-hydrogen) atoms. The van der Waals surface area contributed by atoms with Crippen LogP contribution in [-0.2, 0) is 0 Å². The first kappa shape index (κ1) is 22.7. The van der Waals surface area contributed by atoms with Gasteiger partial charge in [-0.25, -0.2) is 37.3 Å². The van der Waals surface area contributed by atoms with E-state index >= 15 is 0 Å². The summed E-state index contributed by atoms with van der Waals surface area (Å²) in [4.78, 5) is 13.0. The topological polar surface area (TPSA) is 239 Å². The molecule has 0 saturated carbocycles. The molecule has 0 aromatic carbocycles. The number of rotatable bonds is 0.